The summed E-state index contributed by atoms with van der Waals surface area (Å²) >= 11 is 5.68. The molecule has 0 atom stereocenters. The number of benzene rings is 1. The van der Waals surface area contributed by atoms with Crippen molar-refractivity contribution in [3.05, 3.63) is 51.3 Å². The van der Waals surface area contributed by atoms with Crippen LogP contribution >= 0.6 is 11.6 Å². The molecule has 0 unspecified atom stereocenters. The van der Waals surface area contributed by atoms with Gasteiger partial charge in [0.25, 0.3) is 5.69 Å². The van der Waals surface area contributed by atoms with Crippen molar-refractivity contribution in [2.75, 3.05) is 0 Å². The number of halogens is 1. The van der Waals surface area contributed by atoms with Crippen molar-refractivity contribution < 1.29 is 19.6 Å². The van der Waals surface area contributed by atoms with Crippen molar-refractivity contribution in [3.8, 4) is 5.75 Å². The standard InChI is InChI=1S/C11H8ClN3O5/c12-9-5-14(13-10(9)11(16)17)6-20-8-3-1-7(2-4-8)15(18)19/h1-5H,6H2,(H,16,17). The molecule has 1 aromatic heterocycles. The van der Waals surface area contributed by atoms with Gasteiger partial charge in [-0.2, -0.15) is 5.10 Å². The maximum Gasteiger partial charge on any atom is 0.357 e. The van der Waals surface area contributed by atoms with Gasteiger partial charge < -0.3 is 9.84 Å². The molecule has 0 aliphatic carbocycles. The van der Waals surface area contributed by atoms with E-state index in [4.69, 9.17) is 21.4 Å². The van der Waals surface area contributed by atoms with Crippen LogP contribution in [0.15, 0.2) is 30.5 Å². The van der Waals surface area contributed by atoms with Gasteiger partial charge in [-0.15, -0.1) is 0 Å². The second-order valence-electron chi connectivity index (χ2n) is 3.69. The molecule has 0 amide bonds. The first kappa shape index (κ1) is 13.8. The van der Waals surface area contributed by atoms with Crippen LogP contribution in [-0.4, -0.2) is 25.8 Å². The van der Waals surface area contributed by atoms with Crippen LogP contribution in [-0.2, 0) is 6.73 Å². The lowest BCUT2D eigenvalue weighted by Crippen LogP contribution is -2.07. The molecule has 9 heteroatoms. The summed E-state index contributed by atoms with van der Waals surface area (Å²) in [6.07, 6.45) is 1.32. The number of nitro groups is 1. The summed E-state index contributed by atoms with van der Waals surface area (Å²) in [5, 5.41) is 23.0. The summed E-state index contributed by atoms with van der Waals surface area (Å²) in [5.41, 5.74) is -0.313. The third-order valence-corrected chi connectivity index (χ3v) is 2.61. The zero-order chi connectivity index (χ0) is 14.7. The number of non-ortho nitro benzene ring substituents is 1. The van der Waals surface area contributed by atoms with E-state index >= 15 is 0 Å². The Morgan fingerprint density at radius 3 is 2.60 bits per heavy atom. The third-order valence-electron chi connectivity index (χ3n) is 2.33. The van der Waals surface area contributed by atoms with Gasteiger partial charge in [0.2, 0.25) is 0 Å². The molecular weight excluding hydrogens is 290 g/mol. The molecule has 0 aliphatic rings. The summed E-state index contributed by atoms with van der Waals surface area (Å²) in [4.78, 5) is 20.7. The lowest BCUT2D eigenvalue weighted by Gasteiger charge is -2.05. The molecule has 1 aromatic carbocycles. The molecule has 0 aliphatic heterocycles. The van der Waals surface area contributed by atoms with Crippen LogP contribution in [0.3, 0.4) is 0 Å². The molecule has 1 N–H and O–H groups in total. The van der Waals surface area contributed by atoms with E-state index in [0.717, 1.165) is 0 Å². The Hall–Kier alpha value is -2.61. The van der Waals surface area contributed by atoms with Gasteiger partial charge >= 0.3 is 5.97 Å². The lowest BCUT2D eigenvalue weighted by atomic mass is 10.3. The van der Waals surface area contributed by atoms with Crippen LogP contribution in [0.4, 0.5) is 5.69 Å². The number of carboxylic acids is 1. The topological polar surface area (TPSA) is 107 Å². The van der Waals surface area contributed by atoms with Gasteiger partial charge in [0.15, 0.2) is 12.4 Å². The van der Waals surface area contributed by atoms with Crippen LogP contribution in [0.2, 0.25) is 5.02 Å². The Morgan fingerprint density at radius 2 is 2.10 bits per heavy atom. The van der Waals surface area contributed by atoms with Crippen molar-refractivity contribution >= 4 is 23.3 Å². The molecule has 0 spiro atoms. The Morgan fingerprint density at radius 1 is 1.45 bits per heavy atom. The van der Waals surface area contributed by atoms with E-state index < -0.39 is 10.9 Å². The van der Waals surface area contributed by atoms with E-state index in [0.29, 0.717) is 5.75 Å². The van der Waals surface area contributed by atoms with Crippen LogP contribution in [0.1, 0.15) is 10.5 Å². The number of aromatic nitrogens is 2. The van der Waals surface area contributed by atoms with E-state index in [1.807, 2.05) is 0 Å². The van der Waals surface area contributed by atoms with Gasteiger partial charge in [-0.1, -0.05) is 11.6 Å². The summed E-state index contributed by atoms with van der Waals surface area (Å²) in [5.74, 6) is -0.844. The van der Waals surface area contributed by atoms with Crippen molar-refractivity contribution in [2.45, 2.75) is 6.73 Å². The largest absolute Gasteiger partial charge is 0.476 e. The van der Waals surface area contributed by atoms with Gasteiger partial charge in [0.05, 0.1) is 9.95 Å². The second-order valence-corrected chi connectivity index (χ2v) is 4.10. The number of nitrogens with zero attached hydrogens (tertiary/aromatic N) is 3. The van der Waals surface area contributed by atoms with Crippen LogP contribution in [0.5, 0.6) is 5.75 Å². The predicted octanol–water partition coefficient (Wildman–Crippen LogP) is 2.18. The highest BCUT2D eigenvalue weighted by Crippen LogP contribution is 2.18. The second kappa shape index (κ2) is 5.57. The minimum Gasteiger partial charge on any atom is -0.476 e. The van der Waals surface area contributed by atoms with E-state index in [-0.39, 0.29) is 23.1 Å². The molecule has 0 saturated carbocycles. The molecule has 104 valence electrons. The number of carbonyl (C=O) groups is 1. The maximum atomic E-state index is 10.7. The molecule has 0 fully saturated rings. The van der Waals surface area contributed by atoms with Gasteiger partial charge in [-0.3, -0.25) is 10.1 Å². The van der Waals surface area contributed by atoms with E-state index in [1.165, 1.54) is 35.1 Å². The Labute approximate surface area is 117 Å². The Kier molecular flexibility index (Phi) is 3.85. The summed E-state index contributed by atoms with van der Waals surface area (Å²) in [6, 6.07) is 5.46. The zero-order valence-corrected chi connectivity index (χ0v) is 10.6. The van der Waals surface area contributed by atoms with E-state index in [2.05, 4.69) is 5.10 Å². The van der Waals surface area contributed by atoms with Gasteiger partial charge in [-0.25, -0.2) is 9.48 Å². The van der Waals surface area contributed by atoms with Crippen molar-refractivity contribution in [3.63, 3.8) is 0 Å². The minimum atomic E-state index is -1.23. The fraction of sp³-hybridized carbons (Fsp3) is 0.0909. The molecule has 8 nitrogen and oxygen atoms in total. The zero-order valence-electron chi connectivity index (χ0n) is 9.89. The molecule has 1 heterocycles. The fourth-order valence-electron chi connectivity index (χ4n) is 1.41. The smallest absolute Gasteiger partial charge is 0.357 e. The Balaban J connectivity index is 2.03. The fourth-order valence-corrected chi connectivity index (χ4v) is 1.64. The number of hydrogen-bond donors (Lipinski definition) is 1. The summed E-state index contributed by atoms with van der Waals surface area (Å²) < 4.78 is 6.52. The van der Waals surface area contributed by atoms with Gasteiger partial charge in [0, 0.05) is 18.3 Å². The van der Waals surface area contributed by atoms with Crippen molar-refractivity contribution in [1.29, 1.82) is 0 Å². The number of aromatic carboxylic acids is 1. The summed E-state index contributed by atoms with van der Waals surface area (Å²) in [6.45, 7) is -0.0647. The average Bonchev–Trinajstić information content (AvgIpc) is 2.78. The molecule has 2 aromatic rings. The molecule has 2 rings (SSSR count). The SMILES string of the molecule is O=C(O)c1nn(COc2ccc([N+](=O)[O-])cc2)cc1Cl. The van der Waals surface area contributed by atoms with Crippen LogP contribution in [0, 0.1) is 10.1 Å². The number of hydrogen-bond acceptors (Lipinski definition) is 5. The third kappa shape index (κ3) is 3.04. The first-order valence-corrected chi connectivity index (χ1v) is 5.68. The van der Waals surface area contributed by atoms with Gasteiger partial charge in [0.1, 0.15) is 5.75 Å². The highest BCUT2D eigenvalue weighted by molar-refractivity contribution is 6.33. The first-order chi connectivity index (χ1) is 9.47. The highest BCUT2D eigenvalue weighted by atomic mass is 35.5. The molecule has 0 radical (unpaired) electrons. The van der Waals surface area contributed by atoms with Crippen molar-refractivity contribution in [1.82, 2.24) is 9.78 Å². The van der Waals surface area contributed by atoms with E-state index in [1.54, 1.807) is 0 Å². The predicted molar refractivity (Wildman–Crippen MR) is 67.9 cm³/mol. The average molecular weight is 298 g/mol. The van der Waals surface area contributed by atoms with Crippen LogP contribution < -0.4 is 4.74 Å². The summed E-state index contributed by atoms with van der Waals surface area (Å²) in [7, 11) is 0. The quantitative estimate of drug-likeness (QED) is 0.669. The Bertz CT molecular complexity index is 653. The van der Waals surface area contributed by atoms with Crippen LogP contribution in [0.25, 0.3) is 0 Å². The van der Waals surface area contributed by atoms with Gasteiger partial charge in [-0.05, 0) is 12.1 Å². The number of rotatable bonds is 5. The lowest BCUT2D eigenvalue weighted by molar-refractivity contribution is -0.384. The van der Waals surface area contributed by atoms with Crippen molar-refractivity contribution in [2.24, 2.45) is 0 Å². The highest BCUT2D eigenvalue weighted by Gasteiger charge is 2.14. The maximum absolute atomic E-state index is 10.7. The molecule has 0 saturated heterocycles. The number of carboxylic acid groups (broad SMARTS) is 1. The minimum absolute atomic E-state index is 0.00444. The number of nitro benzene ring substituents is 1. The first-order valence-electron chi connectivity index (χ1n) is 5.31. The normalized spacial score (nSPS) is 10.2. The molecule has 20 heavy (non-hydrogen) atoms. The molecular formula is C11H8ClN3O5. The monoisotopic (exact) mass is 297 g/mol. The number of ether oxygens (including phenoxy) is 1. The molecule has 0 bridgehead atoms. The van der Waals surface area contributed by atoms with E-state index in [9.17, 15) is 14.9 Å².